The summed E-state index contributed by atoms with van der Waals surface area (Å²) < 4.78 is 0. The van der Waals surface area contributed by atoms with Gasteiger partial charge in [0.05, 0.1) is 0 Å². The first-order valence-electron chi connectivity index (χ1n) is 5.60. The minimum absolute atomic E-state index is 0.177. The molecule has 3 aromatic rings. The van der Waals surface area contributed by atoms with E-state index in [4.69, 9.17) is 0 Å². The highest BCUT2D eigenvalue weighted by molar-refractivity contribution is 5.62. The molecule has 0 aliphatic heterocycles. The molecule has 19 heavy (non-hydrogen) atoms. The van der Waals surface area contributed by atoms with Crippen LogP contribution in [-0.2, 0) is 0 Å². The van der Waals surface area contributed by atoms with Crippen LogP contribution in [0, 0.1) is 0 Å². The third-order valence-electron chi connectivity index (χ3n) is 2.63. The van der Waals surface area contributed by atoms with Gasteiger partial charge in [-0.05, 0) is 30.3 Å². The van der Waals surface area contributed by atoms with Crippen molar-refractivity contribution in [1.82, 2.24) is 20.2 Å². The number of nitrogens with zero attached hydrogens (tertiary/aromatic N) is 3. The number of aromatic amines is 1. The maximum atomic E-state index is 9.46. The molecule has 0 spiro atoms. The van der Waals surface area contributed by atoms with Gasteiger partial charge in [0.15, 0.2) is 23.1 Å². The van der Waals surface area contributed by atoms with Gasteiger partial charge in [-0.15, -0.1) is 0 Å². The number of aromatic nitrogens is 4. The van der Waals surface area contributed by atoms with Crippen molar-refractivity contribution >= 4 is 0 Å². The van der Waals surface area contributed by atoms with Gasteiger partial charge in [-0.1, -0.05) is 6.07 Å². The monoisotopic (exact) mass is 254 g/mol. The van der Waals surface area contributed by atoms with E-state index in [0.29, 0.717) is 22.9 Å². The summed E-state index contributed by atoms with van der Waals surface area (Å²) in [4.78, 5) is 8.46. The first-order chi connectivity index (χ1) is 9.24. The lowest BCUT2D eigenvalue weighted by atomic mass is 10.2. The Morgan fingerprint density at radius 2 is 1.89 bits per heavy atom. The second-order valence-corrected chi connectivity index (χ2v) is 3.93. The fourth-order valence-corrected chi connectivity index (χ4v) is 1.67. The summed E-state index contributed by atoms with van der Waals surface area (Å²) in [6.45, 7) is 0. The lowest BCUT2D eigenvalue weighted by molar-refractivity contribution is 0.404. The number of phenols is 2. The van der Waals surface area contributed by atoms with Crippen molar-refractivity contribution in [1.29, 1.82) is 0 Å². The largest absolute Gasteiger partial charge is 0.504 e. The first kappa shape index (κ1) is 11.2. The van der Waals surface area contributed by atoms with Crippen LogP contribution in [0.2, 0.25) is 0 Å². The van der Waals surface area contributed by atoms with Gasteiger partial charge in [0.25, 0.3) is 0 Å². The summed E-state index contributed by atoms with van der Waals surface area (Å²) in [6, 6.07) is 9.91. The fraction of sp³-hybridized carbons (Fsp3) is 0. The summed E-state index contributed by atoms with van der Waals surface area (Å²) in [5, 5.41) is 25.6. The molecule has 0 atom stereocenters. The molecule has 0 bridgehead atoms. The molecule has 3 N–H and O–H groups in total. The Morgan fingerprint density at radius 3 is 2.63 bits per heavy atom. The van der Waals surface area contributed by atoms with Crippen molar-refractivity contribution in [2.45, 2.75) is 0 Å². The Morgan fingerprint density at radius 1 is 1.00 bits per heavy atom. The highest BCUT2D eigenvalue weighted by Crippen LogP contribution is 2.29. The minimum Gasteiger partial charge on any atom is -0.504 e. The number of hydrogen-bond acceptors (Lipinski definition) is 5. The van der Waals surface area contributed by atoms with Crippen molar-refractivity contribution < 1.29 is 10.2 Å². The van der Waals surface area contributed by atoms with Gasteiger partial charge in [-0.2, -0.15) is 5.10 Å². The van der Waals surface area contributed by atoms with Gasteiger partial charge in [0.2, 0.25) is 0 Å². The summed E-state index contributed by atoms with van der Waals surface area (Å²) >= 11 is 0. The second kappa shape index (κ2) is 4.41. The molecule has 94 valence electrons. The molecule has 6 nitrogen and oxygen atoms in total. The van der Waals surface area contributed by atoms with E-state index in [1.54, 1.807) is 12.3 Å². The molecule has 0 saturated heterocycles. The number of pyridine rings is 1. The van der Waals surface area contributed by atoms with Crippen molar-refractivity contribution in [2.75, 3.05) is 0 Å². The smallest absolute Gasteiger partial charge is 0.181 e. The molecule has 0 unspecified atom stereocenters. The Labute approximate surface area is 108 Å². The van der Waals surface area contributed by atoms with Crippen LogP contribution in [0.3, 0.4) is 0 Å². The van der Waals surface area contributed by atoms with Gasteiger partial charge in [-0.3, -0.25) is 10.1 Å². The quantitative estimate of drug-likeness (QED) is 0.607. The molecule has 0 fully saturated rings. The van der Waals surface area contributed by atoms with Crippen LogP contribution in [0.1, 0.15) is 0 Å². The van der Waals surface area contributed by atoms with E-state index >= 15 is 0 Å². The Kier molecular flexibility index (Phi) is 2.60. The number of nitrogens with one attached hydrogen (secondary N) is 1. The van der Waals surface area contributed by atoms with E-state index in [9.17, 15) is 10.2 Å². The van der Waals surface area contributed by atoms with E-state index in [0.717, 1.165) is 0 Å². The van der Waals surface area contributed by atoms with E-state index in [1.807, 2.05) is 18.2 Å². The van der Waals surface area contributed by atoms with Crippen molar-refractivity contribution in [3.05, 3.63) is 42.6 Å². The molecule has 0 saturated carbocycles. The van der Waals surface area contributed by atoms with Crippen LogP contribution in [0.15, 0.2) is 42.6 Å². The maximum Gasteiger partial charge on any atom is 0.181 e. The molecule has 1 aromatic carbocycles. The van der Waals surface area contributed by atoms with Crippen molar-refractivity contribution in [2.24, 2.45) is 0 Å². The summed E-state index contributed by atoms with van der Waals surface area (Å²) in [6.07, 6.45) is 1.67. The van der Waals surface area contributed by atoms with Crippen molar-refractivity contribution in [3.63, 3.8) is 0 Å². The zero-order chi connectivity index (χ0) is 13.2. The zero-order valence-electron chi connectivity index (χ0n) is 9.78. The third-order valence-corrected chi connectivity index (χ3v) is 2.63. The number of phenolic OH excluding ortho intramolecular Hbond substituents is 2. The number of H-pyrrole nitrogens is 1. The molecule has 6 heteroatoms. The van der Waals surface area contributed by atoms with Crippen LogP contribution in [0.25, 0.3) is 22.9 Å². The molecule has 0 radical (unpaired) electrons. The van der Waals surface area contributed by atoms with Crippen LogP contribution >= 0.6 is 0 Å². The predicted molar refractivity (Wildman–Crippen MR) is 68.4 cm³/mol. The number of hydrogen-bond donors (Lipinski definition) is 3. The predicted octanol–water partition coefficient (Wildman–Crippen LogP) is 1.94. The Balaban J connectivity index is 1.99. The third kappa shape index (κ3) is 2.11. The SMILES string of the molecule is Oc1ccc(-c2n[nH]c(-c3ccccn3)n2)cc1O. The van der Waals surface area contributed by atoms with Crippen LogP contribution < -0.4 is 0 Å². The molecule has 0 amide bonds. The average molecular weight is 254 g/mol. The molecule has 2 aromatic heterocycles. The molecule has 0 aliphatic carbocycles. The topological polar surface area (TPSA) is 94.9 Å². The summed E-state index contributed by atoms with van der Waals surface area (Å²) in [5.41, 5.74) is 1.29. The van der Waals surface area contributed by atoms with E-state index in [1.165, 1.54) is 12.1 Å². The van der Waals surface area contributed by atoms with Gasteiger partial charge >= 0.3 is 0 Å². The zero-order valence-corrected chi connectivity index (χ0v) is 9.78. The number of aromatic hydroxyl groups is 2. The summed E-state index contributed by atoms with van der Waals surface area (Å²) in [7, 11) is 0. The van der Waals surface area contributed by atoms with Crippen LogP contribution in [0.4, 0.5) is 0 Å². The normalized spacial score (nSPS) is 10.5. The summed E-state index contributed by atoms with van der Waals surface area (Å²) in [5.74, 6) is 0.588. The molecule has 2 heterocycles. The highest BCUT2D eigenvalue weighted by Gasteiger charge is 2.10. The second-order valence-electron chi connectivity index (χ2n) is 3.93. The van der Waals surface area contributed by atoms with Gasteiger partial charge in [0, 0.05) is 11.8 Å². The minimum atomic E-state index is -0.207. The van der Waals surface area contributed by atoms with Crippen LogP contribution in [0.5, 0.6) is 11.5 Å². The average Bonchev–Trinajstić information content (AvgIpc) is 2.93. The van der Waals surface area contributed by atoms with Gasteiger partial charge in [-0.25, -0.2) is 4.98 Å². The first-order valence-corrected chi connectivity index (χ1v) is 5.60. The Hall–Kier alpha value is -2.89. The van der Waals surface area contributed by atoms with E-state index in [2.05, 4.69) is 20.2 Å². The van der Waals surface area contributed by atoms with E-state index < -0.39 is 0 Å². The van der Waals surface area contributed by atoms with Gasteiger partial charge in [0.1, 0.15) is 5.69 Å². The Bertz CT molecular complexity index is 710. The van der Waals surface area contributed by atoms with Crippen molar-refractivity contribution in [3.8, 4) is 34.4 Å². The highest BCUT2D eigenvalue weighted by atomic mass is 16.3. The van der Waals surface area contributed by atoms with Crippen LogP contribution in [-0.4, -0.2) is 30.4 Å². The number of rotatable bonds is 2. The molecular formula is C13H10N4O2. The lowest BCUT2D eigenvalue weighted by Crippen LogP contribution is -1.84. The molecular weight excluding hydrogens is 244 g/mol. The number of benzene rings is 1. The van der Waals surface area contributed by atoms with E-state index in [-0.39, 0.29) is 11.5 Å². The molecule has 3 rings (SSSR count). The molecule has 0 aliphatic rings. The maximum absolute atomic E-state index is 9.46. The van der Waals surface area contributed by atoms with Gasteiger partial charge < -0.3 is 10.2 Å². The standard InChI is InChI=1S/C13H10N4O2/c18-10-5-4-8(7-11(10)19)12-15-13(17-16-12)9-3-1-2-6-14-9/h1-7,18-19H,(H,15,16,17). The lowest BCUT2D eigenvalue weighted by Gasteiger charge is -1.98. The fourth-order valence-electron chi connectivity index (χ4n) is 1.67.